The molecule has 0 saturated heterocycles. The summed E-state index contributed by atoms with van der Waals surface area (Å²) in [5, 5.41) is 9.37. The molecule has 2 fully saturated rings. The first-order chi connectivity index (χ1) is 7.70. The van der Waals surface area contributed by atoms with E-state index in [2.05, 4.69) is 12.6 Å². The van der Waals surface area contributed by atoms with Gasteiger partial charge in [0.1, 0.15) is 6.17 Å². The molecular weight excluding hydrogens is 223 g/mol. The zero-order valence-electron chi connectivity index (χ0n) is 9.82. The van der Waals surface area contributed by atoms with Crippen LogP contribution in [-0.4, -0.2) is 23.1 Å². The summed E-state index contributed by atoms with van der Waals surface area (Å²) in [6, 6.07) is 0. The summed E-state index contributed by atoms with van der Waals surface area (Å²) in [6.07, 6.45) is 6.53. The number of thiol groups is 1. The van der Waals surface area contributed by atoms with Crippen molar-refractivity contribution < 1.29 is 9.50 Å². The summed E-state index contributed by atoms with van der Waals surface area (Å²) in [6.45, 7) is 0.315. The van der Waals surface area contributed by atoms with Crippen molar-refractivity contribution in [1.29, 1.82) is 0 Å². The van der Waals surface area contributed by atoms with E-state index >= 15 is 0 Å². The van der Waals surface area contributed by atoms with Gasteiger partial charge in [0, 0.05) is 11.9 Å². The number of rotatable bonds is 2. The van der Waals surface area contributed by atoms with Crippen molar-refractivity contribution in [2.75, 3.05) is 6.61 Å². The Hall–Kier alpha value is 0.240. The first-order valence-corrected chi connectivity index (χ1v) is 7.15. The highest BCUT2D eigenvalue weighted by atomic mass is 32.1. The van der Waals surface area contributed by atoms with E-state index < -0.39 is 6.17 Å². The predicted octanol–water partition coefficient (Wildman–Crippen LogP) is 3.22. The predicted molar refractivity (Wildman–Crippen MR) is 67.5 cm³/mol. The van der Waals surface area contributed by atoms with Gasteiger partial charge in [-0.15, -0.1) is 0 Å². The monoisotopic (exact) mass is 246 g/mol. The molecule has 1 N–H and O–H groups in total. The molecule has 3 unspecified atom stereocenters. The fourth-order valence-electron chi connectivity index (χ4n) is 3.45. The lowest BCUT2D eigenvalue weighted by Crippen LogP contribution is -2.34. The number of aliphatic hydroxyl groups is 1. The lowest BCUT2D eigenvalue weighted by molar-refractivity contribution is 0.0731. The Morgan fingerprint density at radius 3 is 2.31 bits per heavy atom. The van der Waals surface area contributed by atoms with E-state index in [1.54, 1.807) is 0 Å². The Balaban J connectivity index is 1.84. The van der Waals surface area contributed by atoms with Crippen molar-refractivity contribution in [3.05, 3.63) is 0 Å². The van der Waals surface area contributed by atoms with Gasteiger partial charge in [0.15, 0.2) is 0 Å². The van der Waals surface area contributed by atoms with Crippen LogP contribution in [0.5, 0.6) is 0 Å². The van der Waals surface area contributed by atoms with Crippen LogP contribution in [0.25, 0.3) is 0 Å². The molecule has 0 aromatic carbocycles. The van der Waals surface area contributed by atoms with Crippen LogP contribution < -0.4 is 0 Å². The minimum absolute atomic E-state index is 0.278. The third-order valence-electron chi connectivity index (χ3n) is 4.55. The maximum absolute atomic E-state index is 14.0. The fourth-order valence-corrected chi connectivity index (χ4v) is 3.80. The van der Waals surface area contributed by atoms with Gasteiger partial charge in [0.2, 0.25) is 0 Å². The van der Waals surface area contributed by atoms with Crippen molar-refractivity contribution >= 4 is 12.6 Å². The molecule has 3 atom stereocenters. The molecule has 16 heavy (non-hydrogen) atoms. The largest absolute Gasteiger partial charge is 0.396 e. The van der Waals surface area contributed by atoms with Crippen molar-refractivity contribution in [1.82, 2.24) is 0 Å². The lowest BCUT2D eigenvalue weighted by atomic mass is 9.70. The fraction of sp³-hybridized carbons (Fsp3) is 1.00. The van der Waals surface area contributed by atoms with Gasteiger partial charge >= 0.3 is 0 Å². The number of alkyl halides is 1. The van der Waals surface area contributed by atoms with E-state index in [1.807, 2.05) is 0 Å². The highest BCUT2D eigenvalue weighted by molar-refractivity contribution is 7.80. The second kappa shape index (κ2) is 5.72. The van der Waals surface area contributed by atoms with E-state index in [1.165, 1.54) is 0 Å². The normalized spacial score (nSPS) is 45.6. The summed E-state index contributed by atoms with van der Waals surface area (Å²) < 4.78 is 14.0. The first kappa shape index (κ1) is 12.7. The summed E-state index contributed by atoms with van der Waals surface area (Å²) >= 11 is 4.38. The summed E-state index contributed by atoms with van der Waals surface area (Å²) in [5.74, 6) is 1.33. The Morgan fingerprint density at radius 2 is 1.75 bits per heavy atom. The van der Waals surface area contributed by atoms with Crippen molar-refractivity contribution in [3.8, 4) is 0 Å². The van der Waals surface area contributed by atoms with Crippen LogP contribution in [0.2, 0.25) is 0 Å². The minimum atomic E-state index is -0.632. The molecule has 2 rings (SSSR count). The average molecular weight is 246 g/mol. The van der Waals surface area contributed by atoms with Gasteiger partial charge in [0.05, 0.1) is 0 Å². The van der Waals surface area contributed by atoms with Crippen LogP contribution in [0.1, 0.15) is 44.9 Å². The van der Waals surface area contributed by atoms with E-state index in [-0.39, 0.29) is 11.2 Å². The summed E-state index contributed by atoms with van der Waals surface area (Å²) in [4.78, 5) is 0. The smallest absolute Gasteiger partial charge is 0.104 e. The van der Waals surface area contributed by atoms with Crippen molar-refractivity contribution in [2.45, 2.75) is 56.4 Å². The van der Waals surface area contributed by atoms with E-state index in [9.17, 15) is 4.39 Å². The highest BCUT2D eigenvalue weighted by Crippen LogP contribution is 2.41. The maximum Gasteiger partial charge on any atom is 0.104 e. The molecule has 0 aromatic rings. The van der Waals surface area contributed by atoms with E-state index in [0.29, 0.717) is 24.9 Å². The van der Waals surface area contributed by atoms with E-state index in [4.69, 9.17) is 5.11 Å². The van der Waals surface area contributed by atoms with Gasteiger partial charge in [-0.25, -0.2) is 4.39 Å². The zero-order chi connectivity index (χ0) is 11.5. The summed E-state index contributed by atoms with van der Waals surface area (Å²) in [5.41, 5.74) is 0. The molecule has 0 spiro atoms. The highest BCUT2D eigenvalue weighted by Gasteiger charge is 2.36. The zero-order valence-corrected chi connectivity index (χ0v) is 10.7. The standard InChI is InChI=1S/C13H23FOS/c14-13-7-11(16)5-6-12(13)10-3-1-9(8-15)2-4-10/h9-13,15-16H,1-8H2. The van der Waals surface area contributed by atoms with Gasteiger partial charge in [-0.05, 0) is 62.7 Å². The topological polar surface area (TPSA) is 20.2 Å². The van der Waals surface area contributed by atoms with Crippen LogP contribution in [0.15, 0.2) is 0 Å². The van der Waals surface area contributed by atoms with Crippen molar-refractivity contribution in [2.24, 2.45) is 17.8 Å². The Bertz CT molecular complexity index is 216. The Morgan fingerprint density at radius 1 is 1.06 bits per heavy atom. The molecule has 1 nitrogen and oxygen atoms in total. The molecule has 94 valence electrons. The molecule has 2 saturated carbocycles. The maximum atomic E-state index is 14.0. The molecule has 0 bridgehead atoms. The molecule has 0 radical (unpaired) electrons. The quantitative estimate of drug-likeness (QED) is 0.717. The molecule has 0 heterocycles. The van der Waals surface area contributed by atoms with Gasteiger partial charge < -0.3 is 5.11 Å². The second-order valence-electron chi connectivity index (χ2n) is 5.61. The van der Waals surface area contributed by atoms with E-state index in [0.717, 1.165) is 38.5 Å². The molecule has 0 amide bonds. The van der Waals surface area contributed by atoms with Crippen LogP contribution in [0.4, 0.5) is 4.39 Å². The molecule has 3 heteroatoms. The molecule has 0 aliphatic heterocycles. The second-order valence-corrected chi connectivity index (χ2v) is 6.34. The molecule has 0 aromatic heterocycles. The van der Waals surface area contributed by atoms with Crippen LogP contribution in [0.3, 0.4) is 0 Å². The van der Waals surface area contributed by atoms with Crippen LogP contribution in [-0.2, 0) is 0 Å². The van der Waals surface area contributed by atoms with Crippen molar-refractivity contribution in [3.63, 3.8) is 0 Å². The lowest BCUT2D eigenvalue weighted by Gasteiger charge is -2.38. The third kappa shape index (κ3) is 2.92. The minimum Gasteiger partial charge on any atom is -0.396 e. The third-order valence-corrected chi connectivity index (χ3v) is 5.02. The molecule has 2 aliphatic carbocycles. The first-order valence-electron chi connectivity index (χ1n) is 6.63. The molecular formula is C13H23FOS. The SMILES string of the molecule is OCC1CCC(C2CCC(S)CC2F)CC1. The number of halogens is 1. The average Bonchev–Trinajstić information content (AvgIpc) is 2.29. The number of aliphatic hydroxyl groups excluding tert-OH is 1. The van der Waals surface area contributed by atoms with Gasteiger partial charge in [-0.3, -0.25) is 0 Å². The van der Waals surface area contributed by atoms with Gasteiger partial charge in [0.25, 0.3) is 0 Å². The van der Waals surface area contributed by atoms with Gasteiger partial charge in [-0.2, -0.15) is 12.6 Å². The van der Waals surface area contributed by atoms with Crippen LogP contribution in [0, 0.1) is 17.8 Å². The number of hydrogen-bond acceptors (Lipinski definition) is 2. The Kier molecular flexibility index (Phi) is 4.54. The molecule has 2 aliphatic rings. The number of hydrogen-bond donors (Lipinski definition) is 2. The van der Waals surface area contributed by atoms with Crippen LogP contribution >= 0.6 is 12.6 Å². The Labute approximate surface area is 103 Å². The van der Waals surface area contributed by atoms with Gasteiger partial charge in [-0.1, -0.05) is 0 Å². The summed E-state index contributed by atoms with van der Waals surface area (Å²) in [7, 11) is 0.